The second-order valence-electron chi connectivity index (χ2n) is 7.82. The molecular weight excluding hydrogens is 254 g/mol. The molecule has 21 heavy (non-hydrogen) atoms. The van der Waals surface area contributed by atoms with Crippen molar-refractivity contribution in [2.45, 2.75) is 65.3 Å². The summed E-state index contributed by atoms with van der Waals surface area (Å²) in [7, 11) is 0. The smallest absolute Gasteiger partial charge is 0.00161 e. The molecule has 3 atom stereocenters. The Morgan fingerprint density at radius 1 is 1.14 bits per heavy atom. The molecule has 1 aromatic carbocycles. The van der Waals surface area contributed by atoms with Crippen molar-refractivity contribution in [1.82, 2.24) is 5.32 Å². The summed E-state index contributed by atoms with van der Waals surface area (Å²) in [6.07, 6.45) is 8.32. The Kier molecular flexibility index (Phi) is 4.40. The summed E-state index contributed by atoms with van der Waals surface area (Å²) in [5.41, 5.74) is 3.53. The van der Waals surface area contributed by atoms with E-state index in [1.54, 1.807) is 5.56 Å². The van der Waals surface area contributed by atoms with Gasteiger partial charge in [0, 0.05) is 12.6 Å². The summed E-state index contributed by atoms with van der Waals surface area (Å²) in [5.74, 6) is 1.97. The van der Waals surface area contributed by atoms with Crippen molar-refractivity contribution in [2.24, 2.45) is 17.3 Å². The fourth-order valence-electron chi connectivity index (χ4n) is 4.76. The van der Waals surface area contributed by atoms with Gasteiger partial charge in [0.2, 0.25) is 0 Å². The van der Waals surface area contributed by atoms with Crippen LogP contribution >= 0.6 is 0 Å². The molecule has 0 spiro atoms. The van der Waals surface area contributed by atoms with Gasteiger partial charge < -0.3 is 5.32 Å². The summed E-state index contributed by atoms with van der Waals surface area (Å²) >= 11 is 0. The molecule has 0 aromatic heterocycles. The Hall–Kier alpha value is -0.820. The molecule has 1 heteroatoms. The quantitative estimate of drug-likeness (QED) is 0.805. The van der Waals surface area contributed by atoms with E-state index in [1.165, 1.54) is 44.2 Å². The molecule has 3 unspecified atom stereocenters. The highest BCUT2D eigenvalue weighted by Gasteiger charge is 2.50. The van der Waals surface area contributed by atoms with Crippen LogP contribution in [0.4, 0.5) is 0 Å². The van der Waals surface area contributed by atoms with Crippen LogP contribution in [0.5, 0.6) is 0 Å². The van der Waals surface area contributed by atoms with Crippen LogP contribution in [0, 0.1) is 17.3 Å². The summed E-state index contributed by atoms with van der Waals surface area (Å²) in [4.78, 5) is 0. The molecule has 0 amide bonds. The SMILES string of the molecule is CCc1ccc(CC2(CNC(C)C)CC3CCC2C3)cc1. The first-order valence-electron chi connectivity index (χ1n) is 8.92. The number of fused-ring (bicyclic) bond motifs is 2. The lowest BCUT2D eigenvalue weighted by Gasteiger charge is -2.39. The van der Waals surface area contributed by atoms with Crippen LogP contribution in [-0.2, 0) is 12.8 Å². The van der Waals surface area contributed by atoms with Crippen molar-refractivity contribution in [1.29, 1.82) is 0 Å². The molecule has 0 aliphatic heterocycles. The average Bonchev–Trinajstić information content (AvgIpc) is 3.07. The molecule has 1 aromatic rings. The fourth-order valence-corrected chi connectivity index (χ4v) is 4.76. The minimum Gasteiger partial charge on any atom is -0.314 e. The summed E-state index contributed by atoms with van der Waals surface area (Å²) in [6, 6.07) is 10.0. The van der Waals surface area contributed by atoms with Gasteiger partial charge in [-0.3, -0.25) is 0 Å². The molecule has 2 bridgehead atoms. The highest BCUT2D eigenvalue weighted by Crippen LogP contribution is 2.57. The Bertz CT molecular complexity index is 461. The maximum absolute atomic E-state index is 3.76. The largest absolute Gasteiger partial charge is 0.314 e. The van der Waals surface area contributed by atoms with Gasteiger partial charge in [0.1, 0.15) is 0 Å². The van der Waals surface area contributed by atoms with E-state index in [0.29, 0.717) is 11.5 Å². The van der Waals surface area contributed by atoms with Gasteiger partial charge in [0.05, 0.1) is 0 Å². The predicted molar refractivity (Wildman–Crippen MR) is 90.5 cm³/mol. The van der Waals surface area contributed by atoms with Gasteiger partial charge in [-0.15, -0.1) is 0 Å². The Balaban J connectivity index is 1.75. The molecule has 1 N–H and O–H groups in total. The van der Waals surface area contributed by atoms with E-state index in [-0.39, 0.29) is 0 Å². The van der Waals surface area contributed by atoms with Gasteiger partial charge >= 0.3 is 0 Å². The predicted octanol–water partition coefficient (Wildman–Crippen LogP) is 4.60. The summed E-state index contributed by atoms with van der Waals surface area (Å²) in [6.45, 7) is 7.99. The zero-order valence-electron chi connectivity index (χ0n) is 14.0. The minimum absolute atomic E-state index is 0.529. The van der Waals surface area contributed by atoms with E-state index in [1.807, 2.05) is 0 Å². The Morgan fingerprint density at radius 3 is 2.38 bits per heavy atom. The molecule has 2 saturated carbocycles. The van der Waals surface area contributed by atoms with Gasteiger partial charge in [-0.2, -0.15) is 0 Å². The molecule has 116 valence electrons. The molecule has 2 aliphatic rings. The van der Waals surface area contributed by atoms with E-state index < -0.39 is 0 Å². The van der Waals surface area contributed by atoms with E-state index in [9.17, 15) is 0 Å². The van der Waals surface area contributed by atoms with E-state index >= 15 is 0 Å². The summed E-state index contributed by atoms with van der Waals surface area (Å²) in [5, 5.41) is 3.76. The first kappa shape index (κ1) is 15.1. The molecule has 2 aliphatic carbocycles. The van der Waals surface area contributed by atoms with E-state index in [0.717, 1.165) is 18.3 Å². The first-order chi connectivity index (χ1) is 10.1. The average molecular weight is 285 g/mol. The second kappa shape index (κ2) is 6.12. The number of benzene rings is 1. The molecule has 0 saturated heterocycles. The highest BCUT2D eigenvalue weighted by molar-refractivity contribution is 5.24. The molecule has 0 heterocycles. The molecule has 0 radical (unpaired) electrons. The van der Waals surface area contributed by atoms with Gasteiger partial charge in [-0.05, 0) is 60.5 Å². The highest BCUT2D eigenvalue weighted by atomic mass is 14.9. The monoisotopic (exact) mass is 285 g/mol. The van der Waals surface area contributed by atoms with Gasteiger partial charge in [-0.1, -0.05) is 51.5 Å². The third-order valence-electron chi connectivity index (χ3n) is 5.95. The maximum Gasteiger partial charge on any atom is 0.00161 e. The zero-order chi connectivity index (χ0) is 14.9. The third kappa shape index (κ3) is 3.18. The van der Waals surface area contributed by atoms with Gasteiger partial charge in [0.15, 0.2) is 0 Å². The lowest BCUT2D eigenvalue weighted by Crippen LogP contribution is -2.42. The molecule has 2 fully saturated rings. The fraction of sp³-hybridized carbons (Fsp3) is 0.700. The van der Waals surface area contributed by atoms with Crippen molar-refractivity contribution < 1.29 is 0 Å². The number of hydrogen-bond donors (Lipinski definition) is 1. The summed E-state index contributed by atoms with van der Waals surface area (Å²) < 4.78 is 0. The second-order valence-corrected chi connectivity index (χ2v) is 7.82. The van der Waals surface area contributed by atoms with E-state index in [2.05, 4.69) is 50.4 Å². The number of aryl methyl sites for hydroxylation is 1. The van der Waals surface area contributed by atoms with Crippen molar-refractivity contribution in [3.05, 3.63) is 35.4 Å². The lowest BCUT2D eigenvalue weighted by atomic mass is 9.69. The van der Waals surface area contributed by atoms with Gasteiger partial charge in [-0.25, -0.2) is 0 Å². The van der Waals surface area contributed by atoms with Crippen LogP contribution in [0.3, 0.4) is 0 Å². The Morgan fingerprint density at radius 2 is 1.86 bits per heavy atom. The van der Waals surface area contributed by atoms with Crippen molar-refractivity contribution in [3.8, 4) is 0 Å². The van der Waals surface area contributed by atoms with Crippen LogP contribution in [0.1, 0.15) is 57.6 Å². The van der Waals surface area contributed by atoms with Crippen LogP contribution < -0.4 is 5.32 Å². The topological polar surface area (TPSA) is 12.0 Å². The number of nitrogens with one attached hydrogen (secondary N) is 1. The number of hydrogen-bond acceptors (Lipinski definition) is 1. The van der Waals surface area contributed by atoms with Crippen molar-refractivity contribution in [3.63, 3.8) is 0 Å². The van der Waals surface area contributed by atoms with Gasteiger partial charge in [0.25, 0.3) is 0 Å². The number of rotatable bonds is 6. The van der Waals surface area contributed by atoms with Crippen LogP contribution in [0.2, 0.25) is 0 Å². The van der Waals surface area contributed by atoms with Crippen molar-refractivity contribution >= 4 is 0 Å². The minimum atomic E-state index is 0.529. The third-order valence-corrected chi connectivity index (χ3v) is 5.95. The first-order valence-corrected chi connectivity index (χ1v) is 8.92. The molecular formula is C20H31N. The van der Waals surface area contributed by atoms with Crippen LogP contribution in [0.15, 0.2) is 24.3 Å². The van der Waals surface area contributed by atoms with Crippen LogP contribution in [0.25, 0.3) is 0 Å². The zero-order valence-corrected chi connectivity index (χ0v) is 14.0. The maximum atomic E-state index is 3.76. The Labute approximate surface area is 130 Å². The van der Waals surface area contributed by atoms with E-state index in [4.69, 9.17) is 0 Å². The standard InChI is InChI=1S/C20H31N/c1-4-16-5-7-17(8-6-16)12-20(14-21-15(2)3)13-18-9-10-19(20)11-18/h5-8,15,18-19,21H,4,9-14H2,1-3H3. The molecule has 1 nitrogen and oxygen atoms in total. The normalized spacial score (nSPS) is 31.2. The lowest BCUT2D eigenvalue weighted by molar-refractivity contribution is 0.152. The van der Waals surface area contributed by atoms with Crippen LogP contribution in [-0.4, -0.2) is 12.6 Å². The van der Waals surface area contributed by atoms with Crippen molar-refractivity contribution in [2.75, 3.05) is 6.54 Å². The molecule has 3 rings (SSSR count).